The maximum Gasteiger partial charge on any atom is 0.178 e. The third kappa shape index (κ3) is 3.41. The van der Waals surface area contributed by atoms with Gasteiger partial charge in [0.25, 0.3) is 0 Å². The van der Waals surface area contributed by atoms with Gasteiger partial charge in [0, 0.05) is 5.56 Å². The lowest BCUT2D eigenvalue weighted by molar-refractivity contribution is 0.0961. The van der Waals surface area contributed by atoms with Crippen LogP contribution >= 0.6 is 47.8 Å². The zero-order valence-electron chi connectivity index (χ0n) is 9.35. The molecule has 0 aliphatic carbocycles. The van der Waals surface area contributed by atoms with E-state index in [1.807, 2.05) is 39.0 Å². The summed E-state index contributed by atoms with van der Waals surface area (Å²) in [7, 11) is 0. The van der Waals surface area contributed by atoms with Crippen LogP contribution in [0.3, 0.4) is 0 Å². The minimum atomic E-state index is -0.511. The molecule has 1 aromatic rings. The summed E-state index contributed by atoms with van der Waals surface area (Å²) in [5.74, 6) is 0.0999. The van der Waals surface area contributed by atoms with E-state index in [9.17, 15) is 4.79 Å². The van der Waals surface area contributed by atoms with Gasteiger partial charge < -0.3 is 0 Å². The molecule has 0 aliphatic heterocycles. The van der Waals surface area contributed by atoms with Crippen LogP contribution < -0.4 is 0 Å². The fourth-order valence-corrected chi connectivity index (χ4v) is 2.66. The van der Waals surface area contributed by atoms with Crippen LogP contribution in [0, 0.1) is 6.92 Å². The first-order chi connectivity index (χ1) is 7.23. The minimum absolute atomic E-state index is 0.0999. The maximum absolute atomic E-state index is 12.0. The van der Waals surface area contributed by atoms with E-state index in [4.69, 9.17) is 0 Å². The van der Waals surface area contributed by atoms with Gasteiger partial charge in [-0.1, -0.05) is 59.9 Å². The van der Waals surface area contributed by atoms with E-state index in [0.29, 0.717) is 0 Å². The number of ketones is 1. The molecule has 0 radical (unpaired) electrons. The summed E-state index contributed by atoms with van der Waals surface area (Å²) in [5.41, 5.74) is 2.98. The second kappa shape index (κ2) is 5.32. The van der Waals surface area contributed by atoms with Crippen molar-refractivity contribution in [2.75, 3.05) is 0 Å². The molecule has 0 saturated carbocycles. The Kier molecular flexibility index (Phi) is 4.78. The second-order valence-electron chi connectivity index (χ2n) is 4.17. The largest absolute Gasteiger partial charge is 0.293 e. The van der Waals surface area contributed by atoms with Gasteiger partial charge in [-0.05, 0) is 38.0 Å². The number of halogens is 3. The van der Waals surface area contributed by atoms with Crippen molar-refractivity contribution in [1.29, 1.82) is 0 Å². The van der Waals surface area contributed by atoms with Gasteiger partial charge in [-0.15, -0.1) is 0 Å². The van der Waals surface area contributed by atoms with Crippen LogP contribution in [0.15, 0.2) is 18.2 Å². The Labute approximate surface area is 121 Å². The van der Waals surface area contributed by atoms with Crippen LogP contribution in [0.2, 0.25) is 0 Å². The SMILES string of the molecule is Cc1cc(C(=O)C(C)(C)Br)ccc1C(Br)Br. The molecule has 0 N–H and O–H groups in total. The number of alkyl halides is 3. The standard InChI is InChI=1S/C12H13Br3O/c1-7-6-8(10(16)12(2,3)15)4-5-9(7)11(13)14/h4-6,11H,1-3H3. The smallest absolute Gasteiger partial charge is 0.178 e. The van der Waals surface area contributed by atoms with Gasteiger partial charge in [0.1, 0.15) is 0 Å². The number of hydrogen-bond donors (Lipinski definition) is 0. The molecule has 0 amide bonds. The van der Waals surface area contributed by atoms with Gasteiger partial charge in [0.05, 0.1) is 8.06 Å². The fraction of sp³-hybridized carbons (Fsp3) is 0.417. The summed E-state index contributed by atoms with van der Waals surface area (Å²) in [6.45, 7) is 5.72. The number of hydrogen-bond acceptors (Lipinski definition) is 1. The molecule has 1 rings (SSSR count). The first kappa shape index (κ1) is 14.4. The van der Waals surface area contributed by atoms with Crippen molar-refractivity contribution >= 4 is 53.6 Å². The number of rotatable bonds is 3. The summed E-state index contributed by atoms with van der Waals surface area (Å²) in [4.78, 5) is 12.0. The Hall–Kier alpha value is 0.330. The zero-order chi connectivity index (χ0) is 12.5. The lowest BCUT2D eigenvalue weighted by Crippen LogP contribution is -2.24. The highest BCUT2D eigenvalue weighted by Gasteiger charge is 2.25. The Morgan fingerprint density at radius 3 is 2.25 bits per heavy atom. The monoisotopic (exact) mass is 410 g/mol. The van der Waals surface area contributed by atoms with Gasteiger partial charge in [0.15, 0.2) is 5.78 Å². The minimum Gasteiger partial charge on any atom is -0.293 e. The molecule has 1 aromatic carbocycles. The van der Waals surface area contributed by atoms with Crippen LogP contribution in [-0.2, 0) is 0 Å². The summed E-state index contributed by atoms with van der Waals surface area (Å²) >= 11 is 10.3. The number of benzene rings is 1. The number of carbonyl (C=O) groups is 1. The van der Waals surface area contributed by atoms with E-state index in [1.165, 1.54) is 0 Å². The highest BCUT2D eigenvalue weighted by Crippen LogP contribution is 2.32. The van der Waals surface area contributed by atoms with Crippen LogP contribution in [0.5, 0.6) is 0 Å². The normalized spacial score (nSPS) is 11.9. The third-order valence-electron chi connectivity index (χ3n) is 2.31. The van der Waals surface area contributed by atoms with E-state index in [-0.39, 0.29) is 9.52 Å². The molecule has 0 saturated heterocycles. The number of aryl methyl sites for hydroxylation is 1. The van der Waals surface area contributed by atoms with E-state index < -0.39 is 4.32 Å². The van der Waals surface area contributed by atoms with Crippen LogP contribution in [0.25, 0.3) is 0 Å². The maximum atomic E-state index is 12.0. The highest BCUT2D eigenvalue weighted by molar-refractivity contribution is 9.24. The average molecular weight is 413 g/mol. The molecule has 0 atom stereocenters. The molecule has 0 bridgehead atoms. The van der Waals surface area contributed by atoms with Crippen LogP contribution in [0.4, 0.5) is 0 Å². The van der Waals surface area contributed by atoms with Crippen molar-refractivity contribution in [1.82, 2.24) is 0 Å². The molecule has 88 valence electrons. The molecule has 4 heteroatoms. The lowest BCUT2D eigenvalue weighted by atomic mass is 9.97. The Morgan fingerprint density at radius 2 is 1.88 bits per heavy atom. The summed E-state index contributed by atoms with van der Waals surface area (Å²) in [5, 5.41) is 0. The average Bonchev–Trinajstić information content (AvgIpc) is 2.14. The topological polar surface area (TPSA) is 17.1 Å². The Bertz CT molecular complexity index is 405. The third-order valence-corrected chi connectivity index (χ3v) is 3.65. The van der Waals surface area contributed by atoms with Gasteiger partial charge in [-0.2, -0.15) is 0 Å². The molecule has 16 heavy (non-hydrogen) atoms. The molecule has 0 fully saturated rings. The molecule has 1 nitrogen and oxygen atoms in total. The molecule has 0 unspecified atom stereocenters. The van der Waals surface area contributed by atoms with Crippen molar-refractivity contribution in [3.05, 3.63) is 34.9 Å². The Balaban J connectivity index is 3.12. The summed E-state index contributed by atoms with van der Waals surface area (Å²) in [6.07, 6.45) is 0. The molecular weight excluding hydrogens is 400 g/mol. The van der Waals surface area contributed by atoms with Gasteiger partial charge in [0.2, 0.25) is 0 Å². The van der Waals surface area contributed by atoms with Crippen molar-refractivity contribution in [3.63, 3.8) is 0 Å². The van der Waals surface area contributed by atoms with Gasteiger partial charge in [-0.25, -0.2) is 0 Å². The van der Waals surface area contributed by atoms with Crippen molar-refractivity contribution in [3.8, 4) is 0 Å². The van der Waals surface area contributed by atoms with Gasteiger partial charge in [-0.3, -0.25) is 4.79 Å². The molecule has 0 heterocycles. The molecule has 0 spiro atoms. The Morgan fingerprint density at radius 1 is 1.31 bits per heavy atom. The predicted octanol–water partition coefficient (Wildman–Crippen LogP) is 5.14. The summed E-state index contributed by atoms with van der Waals surface area (Å²) < 4.78 is -0.385. The van der Waals surface area contributed by atoms with E-state index >= 15 is 0 Å². The van der Waals surface area contributed by atoms with Crippen molar-refractivity contribution < 1.29 is 4.79 Å². The molecule has 0 aliphatic rings. The fourth-order valence-electron chi connectivity index (χ4n) is 1.41. The molecular formula is C12H13Br3O. The van der Waals surface area contributed by atoms with E-state index in [2.05, 4.69) is 47.8 Å². The van der Waals surface area contributed by atoms with Crippen LogP contribution in [0.1, 0.15) is 39.1 Å². The van der Waals surface area contributed by atoms with Gasteiger partial charge >= 0.3 is 0 Å². The molecule has 0 aromatic heterocycles. The van der Waals surface area contributed by atoms with Crippen LogP contribution in [-0.4, -0.2) is 10.1 Å². The highest BCUT2D eigenvalue weighted by atomic mass is 79.9. The van der Waals surface area contributed by atoms with Crippen molar-refractivity contribution in [2.24, 2.45) is 0 Å². The first-order valence-electron chi connectivity index (χ1n) is 4.86. The quantitative estimate of drug-likeness (QED) is 0.496. The van der Waals surface area contributed by atoms with E-state index in [1.54, 1.807) is 0 Å². The number of carbonyl (C=O) groups excluding carboxylic acids is 1. The van der Waals surface area contributed by atoms with Crippen molar-refractivity contribution in [2.45, 2.75) is 28.8 Å². The first-order valence-corrected chi connectivity index (χ1v) is 7.48. The second-order valence-corrected chi connectivity index (χ2v) is 9.22. The lowest BCUT2D eigenvalue weighted by Gasteiger charge is -2.16. The number of Topliss-reactive ketones (excluding diaryl/α,β-unsaturated/α-hetero) is 1. The van der Waals surface area contributed by atoms with E-state index in [0.717, 1.165) is 16.7 Å². The predicted molar refractivity (Wildman–Crippen MR) is 79.1 cm³/mol. The zero-order valence-corrected chi connectivity index (χ0v) is 14.1. The summed E-state index contributed by atoms with van der Waals surface area (Å²) in [6, 6.07) is 5.76.